The molecule has 4 heteroatoms. The molecular formula is C102H195O3P. The molecule has 2 aliphatic carbocycles. The Kier molecular flexibility index (Phi) is 60.5. The van der Waals surface area contributed by atoms with Crippen molar-refractivity contribution < 1.29 is 13.6 Å². The van der Waals surface area contributed by atoms with Gasteiger partial charge in [-0.15, -0.1) is 0 Å². The average Bonchev–Trinajstić information content (AvgIpc) is 0.745. The lowest BCUT2D eigenvalue weighted by atomic mass is 9.52. The van der Waals surface area contributed by atoms with E-state index in [0.29, 0.717) is 25.0 Å². The maximum Gasteiger partial charge on any atom is 0.319 e. The van der Waals surface area contributed by atoms with Gasteiger partial charge in [0.25, 0.3) is 0 Å². The first kappa shape index (κ1) is 101. The van der Waals surface area contributed by atoms with Crippen LogP contribution in [0.3, 0.4) is 0 Å². The molecule has 2 rings (SSSR count). The van der Waals surface area contributed by atoms with Gasteiger partial charge in [-0.2, -0.15) is 0 Å². The van der Waals surface area contributed by atoms with Crippen molar-refractivity contribution in [3.05, 3.63) is 46.6 Å². The van der Waals surface area contributed by atoms with Crippen molar-refractivity contribution in [2.45, 2.75) is 547 Å². The molecule has 0 aromatic rings. The van der Waals surface area contributed by atoms with E-state index in [4.69, 9.17) is 9.05 Å². The van der Waals surface area contributed by atoms with E-state index in [2.05, 4.69) is 135 Å². The van der Waals surface area contributed by atoms with E-state index in [1.165, 1.54) is 459 Å². The largest absolute Gasteiger partial charge is 0.319 e. The van der Waals surface area contributed by atoms with E-state index in [9.17, 15) is 4.57 Å². The van der Waals surface area contributed by atoms with Crippen molar-refractivity contribution >= 4 is 8.25 Å². The summed E-state index contributed by atoms with van der Waals surface area (Å²) in [6, 6.07) is 0. The number of hydrogen-bond acceptors (Lipinski definition) is 3. The molecule has 0 N–H and O–H groups in total. The lowest BCUT2D eigenvalue weighted by molar-refractivity contribution is 0.0533. The van der Waals surface area contributed by atoms with Gasteiger partial charge in [-0.1, -0.05) is 546 Å². The van der Waals surface area contributed by atoms with Crippen LogP contribution in [0.25, 0.3) is 0 Å². The van der Waals surface area contributed by atoms with Crippen LogP contribution in [0.2, 0.25) is 0 Å². The zero-order valence-electron chi connectivity index (χ0n) is 75.7. The van der Waals surface area contributed by atoms with Crippen LogP contribution in [-0.4, -0.2) is 13.2 Å². The Morgan fingerprint density at radius 1 is 0.264 bits per heavy atom. The average molecular weight is 1500 g/mol. The fourth-order valence-electron chi connectivity index (χ4n) is 18.9. The van der Waals surface area contributed by atoms with Crippen molar-refractivity contribution in [2.75, 3.05) is 13.2 Å². The standard InChI is InChI=1S/C102H195O3P/c1-17-21-25-29-33-37-41-45-49-53-57-61-65-69-73-77-81-95-91(85-93(97(5,6)7)87-101(95,99(11,12)13)83-79-75-71-67-63-59-55-51-47-43-39-35-31-27-23-19-3)89-104-106(103)105-90-92-86-94(98(8,9)10)88-102(100(14,15)16,84-80-76-72-68-64-60-56-52-48-44-40-36-32-28-24-20-4)96(92)82-78-74-70-66-62-58-54-50-46-42-38-34-30-26-22-18-2/h85-88,95-96,106H,17-84,89-90H2,1-16H3. The third kappa shape index (κ3) is 47.1. The van der Waals surface area contributed by atoms with Gasteiger partial charge in [-0.3, -0.25) is 4.57 Å². The Balaban J connectivity index is 2.36. The van der Waals surface area contributed by atoms with E-state index in [-0.39, 0.29) is 32.5 Å². The SMILES string of the molecule is CCCCCCCCCCCCCCCCCCC1C(CO[PH](=O)OCC2=CC(C(C)(C)C)=CC(CCCCCCCCCCCCCCCCCC)(C(C)(C)C)C2CCCCCCCCCCCCCCCCCC)=CC(C(C)(C)C)=CC1(CCCCCCCCCCCCCCCCCC)C(C)(C)C. The molecule has 0 aromatic carbocycles. The summed E-state index contributed by atoms with van der Waals surface area (Å²) >= 11 is 0. The third-order valence-electron chi connectivity index (χ3n) is 26.5. The monoisotopic (exact) mass is 1500 g/mol. The third-order valence-corrected chi connectivity index (χ3v) is 27.2. The number of allylic oxidation sites excluding steroid dienone is 6. The molecule has 0 amide bonds. The van der Waals surface area contributed by atoms with Crippen LogP contribution in [0.4, 0.5) is 0 Å². The predicted octanol–water partition coefficient (Wildman–Crippen LogP) is 37.1. The van der Waals surface area contributed by atoms with Crippen LogP contribution in [0.1, 0.15) is 547 Å². The lowest BCUT2D eigenvalue weighted by Crippen LogP contribution is -2.45. The Hall–Kier alpha value is -0.890. The molecule has 4 unspecified atom stereocenters. The molecule has 0 fully saturated rings. The summed E-state index contributed by atoms with van der Waals surface area (Å²) in [6.07, 6.45) is 105. The minimum atomic E-state index is -2.84. The Morgan fingerprint density at radius 2 is 0.434 bits per heavy atom. The molecular weight excluding hydrogens is 1300 g/mol. The van der Waals surface area contributed by atoms with Gasteiger partial charge in [0.2, 0.25) is 0 Å². The van der Waals surface area contributed by atoms with Gasteiger partial charge in [0.05, 0.1) is 13.2 Å². The second-order valence-corrected chi connectivity index (χ2v) is 41.0. The van der Waals surface area contributed by atoms with Crippen LogP contribution in [0, 0.1) is 44.3 Å². The van der Waals surface area contributed by atoms with E-state index >= 15 is 0 Å². The van der Waals surface area contributed by atoms with Crippen LogP contribution in [0.5, 0.6) is 0 Å². The molecule has 106 heavy (non-hydrogen) atoms. The summed E-state index contributed by atoms with van der Waals surface area (Å²) in [6.45, 7) is 39.9. The zero-order valence-corrected chi connectivity index (χ0v) is 76.7. The summed E-state index contributed by atoms with van der Waals surface area (Å²) in [5.41, 5.74) is 5.65. The second-order valence-electron chi connectivity index (χ2n) is 39.9. The topological polar surface area (TPSA) is 35.5 Å². The van der Waals surface area contributed by atoms with E-state index in [1.54, 1.807) is 0 Å². The van der Waals surface area contributed by atoms with Crippen LogP contribution < -0.4 is 0 Å². The van der Waals surface area contributed by atoms with Crippen molar-refractivity contribution in [2.24, 2.45) is 44.3 Å². The maximum absolute atomic E-state index is 15.0. The van der Waals surface area contributed by atoms with E-state index < -0.39 is 8.25 Å². The smallest absolute Gasteiger partial charge is 0.306 e. The molecule has 4 atom stereocenters. The molecule has 0 bridgehead atoms. The van der Waals surface area contributed by atoms with Gasteiger partial charge in [0, 0.05) is 10.8 Å². The quantitative estimate of drug-likeness (QED) is 0.0450. The summed E-state index contributed by atoms with van der Waals surface area (Å²) in [4.78, 5) is 0. The minimum Gasteiger partial charge on any atom is -0.306 e. The number of hydrogen-bond donors (Lipinski definition) is 0. The summed E-state index contributed by atoms with van der Waals surface area (Å²) in [7, 11) is -2.84. The molecule has 0 spiro atoms. The molecule has 626 valence electrons. The second kappa shape index (κ2) is 63.4. The molecule has 0 aliphatic heterocycles. The minimum absolute atomic E-state index is 0.0174. The summed E-state index contributed by atoms with van der Waals surface area (Å²) in [5, 5.41) is 0. The van der Waals surface area contributed by atoms with Crippen molar-refractivity contribution in [3.63, 3.8) is 0 Å². The fourth-order valence-corrected chi connectivity index (χ4v) is 19.6. The summed E-state index contributed by atoms with van der Waals surface area (Å²) in [5.74, 6) is 0.691. The highest BCUT2D eigenvalue weighted by Gasteiger charge is 2.51. The van der Waals surface area contributed by atoms with Gasteiger partial charge in [-0.25, -0.2) is 0 Å². The van der Waals surface area contributed by atoms with Crippen molar-refractivity contribution in [1.82, 2.24) is 0 Å². The first-order valence-corrected chi connectivity index (χ1v) is 49.9. The Labute approximate surface area is 669 Å². The first-order chi connectivity index (χ1) is 51.0. The molecule has 0 saturated carbocycles. The van der Waals surface area contributed by atoms with Crippen molar-refractivity contribution in [3.8, 4) is 0 Å². The van der Waals surface area contributed by atoms with Gasteiger partial charge in [-0.05, 0) is 81.5 Å². The highest BCUT2D eigenvalue weighted by atomic mass is 31.1. The normalized spacial score (nSPS) is 18.6. The van der Waals surface area contributed by atoms with Gasteiger partial charge < -0.3 is 9.05 Å². The molecule has 0 radical (unpaired) electrons. The summed E-state index contributed by atoms with van der Waals surface area (Å²) < 4.78 is 28.6. The van der Waals surface area contributed by atoms with E-state index in [0.717, 1.165) is 0 Å². The van der Waals surface area contributed by atoms with Gasteiger partial charge in [0.1, 0.15) is 0 Å². The molecule has 0 aromatic heterocycles. The highest BCUT2D eigenvalue weighted by molar-refractivity contribution is 7.33. The van der Waals surface area contributed by atoms with Crippen LogP contribution >= 0.6 is 8.25 Å². The molecule has 0 saturated heterocycles. The van der Waals surface area contributed by atoms with Gasteiger partial charge >= 0.3 is 8.25 Å². The first-order valence-electron chi connectivity index (χ1n) is 48.7. The maximum atomic E-state index is 15.0. The zero-order chi connectivity index (χ0) is 77.8. The van der Waals surface area contributed by atoms with E-state index in [1.807, 2.05) is 0 Å². The van der Waals surface area contributed by atoms with Crippen LogP contribution in [0.15, 0.2) is 46.6 Å². The highest BCUT2D eigenvalue weighted by Crippen LogP contribution is 2.60. The lowest BCUT2D eigenvalue weighted by Gasteiger charge is -2.53. The van der Waals surface area contributed by atoms with Gasteiger partial charge in [0.15, 0.2) is 0 Å². The number of unbranched alkanes of at least 4 members (excludes halogenated alkanes) is 60. The Morgan fingerprint density at radius 3 is 0.604 bits per heavy atom. The van der Waals surface area contributed by atoms with Crippen molar-refractivity contribution in [1.29, 1.82) is 0 Å². The van der Waals surface area contributed by atoms with Crippen LogP contribution in [-0.2, 0) is 13.6 Å². The molecule has 2 aliphatic rings. The molecule has 3 nitrogen and oxygen atoms in total. The fraction of sp³-hybridized carbons (Fsp3) is 0.922. The predicted molar refractivity (Wildman–Crippen MR) is 480 cm³/mol. The molecule has 0 heterocycles. The Bertz CT molecular complexity index is 2020. The number of rotatable bonds is 74.